The fourth-order valence-corrected chi connectivity index (χ4v) is 3.44. The summed E-state index contributed by atoms with van der Waals surface area (Å²) in [6, 6.07) is 6.08. The molecule has 2 N–H and O–H groups in total. The van der Waals surface area contributed by atoms with Gasteiger partial charge in [-0.25, -0.2) is 4.98 Å². The molecule has 0 unspecified atom stereocenters. The van der Waals surface area contributed by atoms with E-state index in [0.717, 1.165) is 5.56 Å². The van der Waals surface area contributed by atoms with Gasteiger partial charge in [0.25, 0.3) is 10.0 Å². The maximum Gasteiger partial charge on any atom is 0.279 e. The summed E-state index contributed by atoms with van der Waals surface area (Å²) in [5.41, 5.74) is 1.70. The summed E-state index contributed by atoms with van der Waals surface area (Å²) >= 11 is 9.29. The number of sulfonamides is 1. The zero-order valence-electron chi connectivity index (χ0n) is 11.0. The fraction of sp³-hybridized carbons (Fsp3) is 0.154. The Bertz CT molecular complexity index is 764. The van der Waals surface area contributed by atoms with E-state index in [9.17, 15) is 8.42 Å². The van der Waals surface area contributed by atoms with Crippen LogP contribution in [0, 0.1) is 6.92 Å². The van der Waals surface area contributed by atoms with Gasteiger partial charge in [0, 0.05) is 15.7 Å². The van der Waals surface area contributed by atoms with Gasteiger partial charge in [-0.2, -0.15) is 8.42 Å². The van der Waals surface area contributed by atoms with E-state index in [2.05, 4.69) is 25.6 Å². The van der Waals surface area contributed by atoms with Gasteiger partial charge in [0.1, 0.15) is 0 Å². The molecule has 0 aliphatic heterocycles. The Kier molecular flexibility index (Phi) is 4.88. The number of aromatic nitrogens is 1. The highest BCUT2D eigenvalue weighted by atomic mass is 79.9. The van der Waals surface area contributed by atoms with Crippen LogP contribution in [-0.4, -0.2) is 18.5 Å². The van der Waals surface area contributed by atoms with E-state index in [0.29, 0.717) is 20.7 Å². The molecule has 1 aromatic carbocycles. The van der Waals surface area contributed by atoms with Crippen molar-refractivity contribution >= 4 is 43.2 Å². The van der Waals surface area contributed by atoms with Crippen LogP contribution < -0.4 is 4.72 Å². The second-order valence-corrected chi connectivity index (χ2v) is 7.24. The van der Waals surface area contributed by atoms with Crippen molar-refractivity contribution in [2.45, 2.75) is 18.6 Å². The first-order valence-electron chi connectivity index (χ1n) is 5.88. The van der Waals surface area contributed by atoms with Crippen LogP contribution in [0.4, 0.5) is 5.69 Å². The van der Waals surface area contributed by atoms with Gasteiger partial charge in [-0.05, 0) is 52.2 Å². The highest BCUT2D eigenvalue weighted by Crippen LogP contribution is 2.30. The molecule has 0 bridgehead atoms. The molecule has 0 aliphatic rings. The number of hydrogen-bond donors (Lipinski definition) is 2. The predicted octanol–water partition coefficient (Wildman–Crippen LogP) is 3.10. The topological polar surface area (TPSA) is 79.3 Å². The van der Waals surface area contributed by atoms with Crippen LogP contribution in [0.15, 0.2) is 40.0 Å². The zero-order valence-corrected chi connectivity index (χ0v) is 14.1. The first-order valence-corrected chi connectivity index (χ1v) is 8.53. The van der Waals surface area contributed by atoms with Gasteiger partial charge >= 0.3 is 0 Å². The van der Waals surface area contributed by atoms with Crippen LogP contribution in [-0.2, 0) is 16.6 Å². The Balaban J connectivity index is 2.34. The van der Waals surface area contributed by atoms with Gasteiger partial charge in [0.15, 0.2) is 5.03 Å². The highest BCUT2D eigenvalue weighted by Gasteiger charge is 2.17. The number of aryl methyl sites for hydroxylation is 1. The van der Waals surface area contributed by atoms with Crippen molar-refractivity contribution in [3.05, 3.63) is 51.1 Å². The van der Waals surface area contributed by atoms with E-state index in [-0.39, 0.29) is 11.6 Å². The minimum atomic E-state index is -3.82. The van der Waals surface area contributed by atoms with Crippen molar-refractivity contribution in [2.75, 3.05) is 4.72 Å². The summed E-state index contributed by atoms with van der Waals surface area (Å²) in [6.45, 7) is 1.63. The molecule has 0 radical (unpaired) electrons. The number of anilines is 1. The quantitative estimate of drug-likeness (QED) is 0.839. The third-order valence-corrected chi connectivity index (χ3v) is 5.09. The number of halogens is 2. The lowest BCUT2D eigenvalue weighted by molar-refractivity contribution is 0.281. The molecular weight excluding hydrogens is 380 g/mol. The lowest BCUT2D eigenvalue weighted by Crippen LogP contribution is -2.15. The van der Waals surface area contributed by atoms with Crippen molar-refractivity contribution in [1.29, 1.82) is 0 Å². The molecule has 2 rings (SSSR count). The van der Waals surface area contributed by atoms with E-state index < -0.39 is 10.0 Å². The Morgan fingerprint density at radius 2 is 2.10 bits per heavy atom. The van der Waals surface area contributed by atoms with Crippen LogP contribution in [0.25, 0.3) is 0 Å². The first kappa shape index (κ1) is 16.2. The van der Waals surface area contributed by atoms with E-state index in [1.54, 1.807) is 6.07 Å². The molecule has 0 amide bonds. The summed E-state index contributed by atoms with van der Waals surface area (Å²) < 4.78 is 27.5. The van der Waals surface area contributed by atoms with Crippen molar-refractivity contribution in [3.8, 4) is 0 Å². The summed E-state index contributed by atoms with van der Waals surface area (Å²) in [6.07, 6.45) is 1.31. The molecule has 21 heavy (non-hydrogen) atoms. The lowest BCUT2D eigenvalue weighted by Gasteiger charge is -2.11. The molecule has 0 aliphatic carbocycles. The molecule has 5 nitrogen and oxygen atoms in total. The molecular formula is C13H12BrClN2O3S. The van der Waals surface area contributed by atoms with Crippen molar-refractivity contribution in [1.82, 2.24) is 4.98 Å². The third kappa shape index (κ3) is 3.74. The van der Waals surface area contributed by atoms with Crippen LogP contribution in [0.1, 0.15) is 11.1 Å². The largest absolute Gasteiger partial charge is 0.392 e. The van der Waals surface area contributed by atoms with E-state index in [4.69, 9.17) is 16.7 Å². The van der Waals surface area contributed by atoms with Crippen LogP contribution in [0.2, 0.25) is 5.02 Å². The summed E-state index contributed by atoms with van der Waals surface area (Å²) in [4.78, 5) is 3.83. The lowest BCUT2D eigenvalue weighted by atomic mass is 10.2. The summed E-state index contributed by atoms with van der Waals surface area (Å²) in [5, 5.41) is 9.26. The second-order valence-electron chi connectivity index (χ2n) is 4.35. The standard InChI is InChI=1S/C13H12BrClN2O3S/c1-8-4-10(14)12(5-11(8)15)17-21(19,20)13-3-2-9(7-18)6-16-13/h2-6,17-18H,7H2,1H3. The maximum atomic E-state index is 12.2. The number of pyridine rings is 1. The average Bonchev–Trinajstić information content (AvgIpc) is 2.44. The van der Waals surface area contributed by atoms with Gasteiger partial charge in [0.2, 0.25) is 0 Å². The molecule has 0 spiro atoms. The molecule has 0 fully saturated rings. The van der Waals surface area contributed by atoms with Gasteiger partial charge in [-0.15, -0.1) is 0 Å². The Hall–Kier alpha value is -1.15. The summed E-state index contributed by atoms with van der Waals surface area (Å²) in [5.74, 6) is 0. The molecule has 2 aromatic rings. The highest BCUT2D eigenvalue weighted by molar-refractivity contribution is 9.10. The maximum absolute atomic E-state index is 12.2. The number of nitrogens with zero attached hydrogens (tertiary/aromatic N) is 1. The van der Waals surface area contributed by atoms with E-state index >= 15 is 0 Å². The van der Waals surface area contributed by atoms with E-state index in [1.165, 1.54) is 24.4 Å². The van der Waals surface area contributed by atoms with Crippen molar-refractivity contribution in [2.24, 2.45) is 0 Å². The van der Waals surface area contributed by atoms with Crippen LogP contribution in [0.3, 0.4) is 0 Å². The van der Waals surface area contributed by atoms with Gasteiger partial charge in [-0.1, -0.05) is 17.7 Å². The van der Waals surface area contributed by atoms with Crippen molar-refractivity contribution < 1.29 is 13.5 Å². The number of rotatable bonds is 4. The van der Waals surface area contributed by atoms with Gasteiger partial charge < -0.3 is 5.11 Å². The Morgan fingerprint density at radius 3 is 2.67 bits per heavy atom. The number of aliphatic hydroxyl groups excluding tert-OH is 1. The molecule has 0 saturated heterocycles. The molecule has 1 heterocycles. The molecule has 0 saturated carbocycles. The fourth-order valence-electron chi connectivity index (χ4n) is 1.58. The van der Waals surface area contributed by atoms with Crippen molar-refractivity contribution in [3.63, 3.8) is 0 Å². The van der Waals surface area contributed by atoms with Crippen LogP contribution >= 0.6 is 27.5 Å². The molecule has 8 heteroatoms. The monoisotopic (exact) mass is 390 g/mol. The second kappa shape index (κ2) is 6.31. The molecule has 112 valence electrons. The molecule has 0 atom stereocenters. The first-order chi connectivity index (χ1) is 9.83. The molecule has 1 aromatic heterocycles. The minimum absolute atomic E-state index is 0.136. The smallest absolute Gasteiger partial charge is 0.279 e. The number of hydrogen-bond acceptors (Lipinski definition) is 4. The zero-order chi connectivity index (χ0) is 15.6. The average molecular weight is 392 g/mol. The van der Waals surface area contributed by atoms with Gasteiger partial charge in [0.05, 0.1) is 12.3 Å². The Morgan fingerprint density at radius 1 is 1.38 bits per heavy atom. The normalized spacial score (nSPS) is 11.4. The Labute approximate surface area is 136 Å². The van der Waals surface area contributed by atoms with Gasteiger partial charge in [-0.3, -0.25) is 4.72 Å². The minimum Gasteiger partial charge on any atom is -0.392 e. The number of aliphatic hydroxyl groups is 1. The summed E-state index contributed by atoms with van der Waals surface area (Å²) in [7, 11) is -3.82. The predicted molar refractivity (Wildman–Crippen MR) is 84.9 cm³/mol. The van der Waals surface area contributed by atoms with E-state index in [1.807, 2.05) is 6.92 Å². The number of nitrogens with one attached hydrogen (secondary N) is 1. The SMILES string of the molecule is Cc1cc(Br)c(NS(=O)(=O)c2ccc(CO)cn2)cc1Cl. The third-order valence-electron chi connectivity index (χ3n) is 2.75. The van der Waals surface area contributed by atoms with Crippen LogP contribution in [0.5, 0.6) is 0 Å². The number of benzene rings is 1.